The maximum Gasteiger partial charge on any atom is 0.419 e. The number of hydrogen-bond donors (Lipinski definition) is 3. The van der Waals surface area contributed by atoms with Gasteiger partial charge in [-0.2, -0.15) is 13.2 Å². The number of anilines is 1. The topological polar surface area (TPSA) is 78.3 Å². The first-order valence-corrected chi connectivity index (χ1v) is 9.70. The van der Waals surface area contributed by atoms with Gasteiger partial charge in [-0.3, -0.25) is 0 Å². The molecule has 0 saturated heterocycles. The normalized spacial score (nSPS) is 24.0. The van der Waals surface area contributed by atoms with Crippen LogP contribution in [0.25, 0.3) is 10.9 Å². The first-order valence-electron chi connectivity index (χ1n) is 9.32. The molecule has 30 heavy (non-hydrogen) atoms. The van der Waals surface area contributed by atoms with Crippen LogP contribution in [-0.4, -0.2) is 32.0 Å². The summed E-state index contributed by atoms with van der Waals surface area (Å²) in [6.45, 7) is 3.24. The third-order valence-corrected chi connectivity index (χ3v) is 5.94. The van der Waals surface area contributed by atoms with Crippen molar-refractivity contribution in [2.45, 2.75) is 44.0 Å². The van der Waals surface area contributed by atoms with Crippen molar-refractivity contribution in [3.8, 4) is 5.75 Å². The summed E-state index contributed by atoms with van der Waals surface area (Å²) >= 11 is 6.00. The number of halogens is 4. The van der Waals surface area contributed by atoms with Crippen molar-refractivity contribution in [2.75, 3.05) is 5.32 Å². The Bertz CT molecular complexity index is 1140. The first-order chi connectivity index (χ1) is 14.0. The minimum Gasteiger partial charge on any atom is -0.506 e. The van der Waals surface area contributed by atoms with Crippen LogP contribution >= 0.6 is 11.6 Å². The summed E-state index contributed by atoms with van der Waals surface area (Å²) in [5, 5.41) is 24.7. The fourth-order valence-corrected chi connectivity index (χ4v) is 4.38. The van der Waals surface area contributed by atoms with Crippen LogP contribution in [0.15, 0.2) is 36.5 Å². The van der Waals surface area contributed by atoms with Crippen LogP contribution < -0.4 is 5.32 Å². The van der Waals surface area contributed by atoms with Crippen molar-refractivity contribution in [1.82, 2.24) is 9.97 Å². The van der Waals surface area contributed by atoms with Gasteiger partial charge in [-0.25, -0.2) is 9.97 Å². The highest BCUT2D eigenvalue weighted by molar-refractivity contribution is 6.32. The van der Waals surface area contributed by atoms with E-state index in [2.05, 4.69) is 15.3 Å². The summed E-state index contributed by atoms with van der Waals surface area (Å²) < 4.78 is 42.3. The van der Waals surface area contributed by atoms with E-state index >= 15 is 0 Å². The lowest BCUT2D eigenvalue weighted by molar-refractivity contribution is -0.272. The molecule has 0 unspecified atom stereocenters. The van der Waals surface area contributed by atoms with Gasteiger partial charge in [0, 0.05) is 22.8 Å². The van der Waals surface area contributed by atoms with E-state index in [0.29, 0.717) is 28.0 Å². The molecular formula is C21H19ClF3N3O2. The maximum absolute atomic E-state index is 14.1. The van der Waals surface area contributed by atoms with E-state index in [1.165, 1.54) is 25.3 Å². The van der Waals surface area contributed by atoms with Crippen molar-refractivity contribution in [3.63, 3.8) is 0 Å². The molecule has 2 aromatic carbocycles. The van der Waals surface area contributed by atoms with Crippen LogP contribution in [-0.2, 0) is 0 Å². The average molecular weight is 438 g/mol. The maximum atomic E-state index is 14.1. The van der Waals surface area contributed by atoms with Gasteiger partial charge in [0.2, 0.25) is 0 Å². The van der Waals surface area contributed by atoms with Gasteiger partial charge in [0.05, 0.1) is 16.6 Å². The van der Waals surface area contributed by atoms with Gasteiger partial charge in [0.1, 0.15) is 11.6 Å². The number of nitrogens with one attached hydrogen (secondary N) is 1. The van der Waals surface area contributed by atoms with Crippen molar-refractivity contribution in [1.29, 1.82) is 0 Å². The van der Waals surface area contributed by atoms with Gasteiger partial charge in [-0.05, 0) is 43.0 Å². The molecule has 0 fully saturated rings. The van der Waals surface area contributed by atoms with E-state index in [1.807, 2.05) is 0 Å². The van der Waals surface area contributed by atoms with Crippen LogP contribution in [0.3, 0.4) is 0 Å². The number of benzene rings is 2. The Morgan fingerprint density at radius 2 is 1.97 bits per heavy atom. The minimum atomic E-state index is -4.91. The lowest BCUT2D eigenvalue weighted by atomic mass is 9.70. The molecule has 9 heteroatoms. The van der Waals surface area contributed by atoms with Crippen molar-refractivity contribution < 1.29 is 23.4 Å². The number of phenolic OH excluding ortho intramolecular Hbond substituents is 1. The second-order valence-corrected chi connectivity index (χ2v) is 8.07. The number of nitrogens with zero attached hydrogens (tertiary/aromatic N) is 2. The zero-order valence-electron chi connectivity index (χ0n) is 16.1. The molecule has 5 nitrogen and oxygen atoms in total. The number of aryl methyl sites for hydroxylation is 1. The third kappa shape index (κ3) is 3.15. The van der Waals surface area contributed by atoms with Crippen molar-refractivity contribution in [2.24, 2.45) is 0 Å². The Balaban J connectivity index is 1.92. The molecule has 0 spiro atoms. The molecule has 0 saturated carbocycles. The van der Waals surface area contributed by atoms with Gasteiger partial charge in [0.25, 0.3) is 0 Å². The van der Waals surface area contributed by atoms with Crippen LogP contribution in [0.4, 0.5) is 18.9 Å². The molecule has 3 atom stereocenters. The predicted octanol–water partition coefficient (Wildman–Crippen LogP) is 5.25. The standard InChI is InChI=1S/C21H19ClF3N3O2/c1-10-8-20(30,21(23,24)25)19(12-6-7-14(22)18(29)17(10)12)28-16-5-3-4-15-13(16)9-26-11(2)27-15/h3-7,9-10,19,28-30H,8H2,1-2H3/t10-,19+,20-/m1/s1. The largest absolute Gasteiger partial charge is 0.506 e. The molecule has 1 heterocycles. The van der Waals surface area contributed by atoms with Gasteiger partial charge in [-0.1, -0.05) is 30.7 Å². The average Bonchev–Trinajstić information content (AvgIpc) is 2.66. The zero-order valence-corrected chi connectivity index (χ0v) is 16.9. The number of hydrogen-bond acceptors (Lipinski definition) is 5. The van der Waals surface area contributed by atoms with Crippen LogP contribution in [0.5, 0.6) is 5.75 Å². The molecule has 0 amide bonds. The quantitative estimate of drug-likeness (QED) is 0.510. The van der Waals surface area contributed by atoms with Crippen LogP contribution in [0, 0.1) is 6.92 Å². The zero-order chi connectivity index (χ0) is 21.8. The number of fused-ring (bicyclic) bond motifs is 2. The van der Waals surface area contributed by atoms with Gasteiger partial charge in [-0.15, -0.1) is 0 Å². The molecule has 4 rings (SSSR count). The SMILES string of the molecule is Cc1ncc2c(N[C@H]3c4ccc(Cl)c(O)c4[C@H](C)C[C@]3(O)C(F)(F)F)cccc2n1. The minimum absolute atomic E-state index is 0.0471. The smallest absolute Gasteiger partial charge is 0.419 e. The molecule has 0 radical (unpaired) electrons. The van der Waals surface area contributed by atoms with Gasteiger partial charge in [0.15, 0.2) is 5.60 Å². The first kappa shape index (κ1) is 20.7. The Hall–Kier alpha value is -2.58. The van der Waals surface area contributed by atoms with Crippen molar-refractivity contribution >= 4 is 28.2 Å². The molecule has 1 aromatic heterocycles. The second-order valence-electron chi connectivity index (χ2n) is 7.66. The molecule has 158 valence electrons. The molecule has 1 aliphatic carbocycles. The Morgan fingerprint density at radius 3 is 2.67 bits per heavy atom. The molecule has 3 aromatic rings. The summed E-state index contributed by atoms with van der Waals surface area (Å²) in [5.41, 5.74) is -1.73. The fourth-order valence-electron chi connectivity index (χ4n) is 4.22. The van der Waals surface area contributed by atoms with E-state index < -0.39 is 30.2 Å². The van der Waals surface area contributed by atoms with Gasteiger partial charge >= 0.3 is 6.18 Å². The number of aromatic nitrogens is 2. The van der Waals surface area contributed by atoms with Gasteiger partial charge < -0.3 is 15.5 Å². The van der Waals surface area contributed by atoms with E-state index in [0.717, 1.165) is 0 Å². The van der Waals surface area contributed by atoms with Crippen LogP contribution in [0.2, 0.25) is 5.02 Å². The van der Waals surface area contributed by atoms with E-state index in [9.17, 15) is 23.4 Å². The lowest BCUT2D eigenvalue weighted by Gasteiger charge is -2.45. The summed E-state index contributed by atoms with van der Waals surface area (Å²) in [5.74, 6) is -0.501. The summed E-state index contributed by atoms with van der Waals surface area (Å²) in [7, 11) is 0. The number of aliphatic hydroxyl groups is 1. The number of alkyl halides is 3. The molecule has 0 aliphatic heterocycles. The Morgan fingerprint density at radius 1 is 1.23 bits per heavy atom. The number of aromatic hydroxyl groups is 1. The number of phenols is 1. The second kappa shape index (κ2) is 6.99. The Kier molecular flexibility index (Phi) is 4.82. The van der Waals surface area contributed by atoms with Crippen LogP contribution in [0.1, 0.15) is 42.3 Å². The molecule has 3 N–H and O–H groups in total. The highest BCUT2D eigenvalue weighted by Crippen LogP contribution is 2.55. The Labute approximate surface area is 175 Å². The predicted molar refractivity (Wildman–Crippen MR) is 108 cm³/mol. The molecule has 1 aliphatic rings. The summed E-state index contributed by atoms with van der Waals surface area (Å²) in [4.78, 5) is 8.44. The number of rotatable bonds is 2. The fraction of sp³-hybridized carbons (Fsp3) is 0.333. The molecular weight excluding hydrogens is 419 g/mol. The third-order valence-electron chi connectivity index (χ3n) is 5.64. The monoisotopic (exact) mass is 437 g/mol. The highest BCUT2D eigenvalue weighted by atomic mass is 35.5. The summed E-state index contributed by atoms with van der Waals surface area (Å²) in [6.07, 6.45) is -4.02. The summed E-state index contributed by atoms with van der Waals surface area (Å²) in [6, 6.07) is 6.16. The molecule has 0 bridgehead atoms. The lowest BCUT2D eigenvalue weighted by Crippen LogP contribution is -2.55. The van der Waals surface area contributed by atoms with E-state index in [4.69, 9.17) is 11.6 Å². The van der Waals surface area contributed by atoms with E-state index in [-0.39, 0.29) is 16.3 Å². The highest BCUT2D eigenvalue weighted by Gasteiger charge is 2.62. The van der Waals surface area contributed by atoms with Crippen molar-refractivity contribution in [3.05, 3.63) is 58.5 Å². The van der Waals surface area contributed by atoms with E-state index in [1.54, 1.807) is 25.1 Å².